The Kier molecular flexibility index (Phi) is 17.6. The van der Waals surface area contributed by atoms with E-state index in [1.165, 1.54) is 7.11 Å². The lowest BCUT2D eigenvalue weighted by Gasteiger charge is -2.63. The summed E-state index contributed by atoms with van der Waals surface area (Å²) in [6.45, 7) is 13.5. The second-order valence-electron chi connectivity index (χ2n) is 24.9. The zero-order chi connectivity index (χ0) is 57.7. The molecule has 79 heavy (non-hydrogen) atoms. The summed E-state index contributed by atoms with van der Waals surface area (Å²) >= 11 is 0. The number of carbonyl (C=O) groups is 2. The lowest BCUT2D eigenvalue weighted by molar-refractivity contribution is -0.385. The first-order chi connectivity index (χ1) is 37.0. The van der Waals surface area contributed by atoms with Crippen LogP contribution in [0.15, 0.2) is 23.8 Å². The molecule has 9 aliphatic rings. The zero-order valence-electron chi connectivity index (χ0n) is 45.7. The van der Waals surface area contributed by atoms with Crippen molar-refractivity contribution in [1.82, 2.24) is 0 Å². The van der Waals surface area contributed by atoms with E-state index in [9.17, 15) is 68.5 Å². The van der Waals surface area contributed by atoms with E-state index in [1.54, 1.807) is 0 Å². The molecule has 0 radical (unpaired) electrons. The van der Waals surface area contributed by atoms with Crippen LogP contribution in [0.1, 0.15) is 99.3 Å². The molecule has 0 aromatic heterocycles. The van der Waals surface area contributed by atoms with Crippen LogP contribution in [0.5, 0.6) is 0 Å². The molecule has 9 rings (SSSR count). The predicted octanol–water partition coefficient (Wildman–Crippen LogP) is -0.770. The van der Waals surface area contributed by atoms with Crippen LogP contribution in [0.25, 0.3) is 0 Å². The van der Waals surface area contributed by atoms with Gasteiger partial charge in [0.05, 0.1) is 43.9 Å². The molecule has 25 nitrogen and oxygen atoms in total. The van der Waals surface area contributed by atoms with Gasteiger partial charge in [0.15, 0.2) is 25.2 Å². The zero-order valence-corrected chi connectivity index (χ0v) is 46.5. The first-order valence-electron chi connectivity index (χ1n) is 27.5. The molecule has 5 aliphatic heterocycles. The van der Waals surface area contributed by atoms with Gasteiger partial charge in [0.2, 0.25) is 0 Å². The van der Waals surface area contributed by atoms with E-state index in [2.05, 4.69) is 40.3 Å². The van der Waals surface area contributed by atoms with Gasteiger partial charge in [-0.2, -0.15) is 8.42 Å². The lowest BCUT2D eigenvalue weighted by atomic mass is 9.41. The third-order valence-electron chi connectivity index (χ3n) is 19.8. The van der Waals surface area contributed by atoms with Crippen molar-refractivity contribution in [3.63, 3.8) is 0 Å². The topological polar surface area (TPSA) is 372 Å². The first kappa shape index (κ1) is 61.3. The van der Waals surface area contributed by atoms with Gasteiger partial charge in [-0.05, 0) is 87.9 Å². The van der Waals surface area contributed by atoms with E-state index < -0.39 is 181 Å². The Bertz CT molecular complexity index is 2390. The highest BCUT2D eigenvalue weighted by Crippen LogP contribution is 2.75. The van der Waals surface area contributed by atoms with Gasteiger partial charge < -0.3 is 93.3 Å². The Balaban J connectivity index is 0.904. The maximum Gasteiger partial charge on any atom is 0.397 e. The Morgan fingerprint density at radius 2 is 1.38 bits per heavy atom. The van der Waals surface area contributed by atoms with Crippen molar-refractivity contribution in [3.8, 4) is 0 Å². The van der Waals surface area contributed by atoms with E-state index in [4.69, 9.17) is 51.6 Å². The molecule has 3 saturated carbocycles. The fourth-order valence-electron chi connectivity index (χ4n) is 15.8. The molecule has 0 aromatic carbocycles. The number of rotatable bonds is 17. The highest BCUT2D eigenvalue weighted by Gasteiger charge is 2.79. The standard InChI is InChI=1S/C53H82O25S/c1-23(2)10-9-15-52(7)43-26(56)18-51(6)25-11-12-31-49(3,4)32(14-16-50(31,5)24(25)13-17-53(43,51)48(64)77-52)73-47-42(34(59)30(22-70-47)78-79(65,66)67)76-45-36(61)35(60)40(29(20-55)72-45)75-44-37(62)39(27(57)21-69-44)74-46-38(63)41(68-8)33(58)28(19-54)71-46/h11,24,27-47,54-55,57-63H,1,9-10,12-22H2,2-8H3,(H,65,66,67)/t24-,27+,28+,29+,30+,31-,32-,33+,34-,35+,36+,37+,38+,39-,40+,41-,42+,43+,44-,45-,46-,47-,50+,51-,52-,53+/m0/s1. The maximum absolute atomic E-state index is 14.4. The number of cyclic esters (lactones) is 1. The predicted molar refractivity (Wildman–Crippen MR) is 267 cm³/mol. The van der Waals surface area contributed by atoms with Crippen molar-refractivity contribution in [2.45, 2.75) is 222 Å². The van der Waals surface area contributed by atoms with Gasteiger partial charge in [-0.15, -0.1) is 6.58 Å². The maximum atomic E-state index is 14.4. The van der Waals surface area contributed by atoms with E-state index in [0.717, 1.165) is 24.0 Å². The number of methoxy groups -OCH3 is 1. The summed E-state index contributed by atoms with van der Waals surface area (Å²) in [5.41, 5.74) is -1.49. The van der Waals surface area contributed by atoms with Crippen LogP contribution in [0.3, 0.4) is 0 Å². The minimum absolute atomic E-state index is 0.0163. The van der Waals surface area contributed by atoms with Crippen molar-refractivity contribution in [2.75, 3.05) is 33.5 Å². The van der Waals surface area contributed by atoms with Gasteiger partial charge in [-0.1, -0.05) is 44.9 Å². The highest BCUT2D eigenvalue weighted by atomic mass is 32.3. The molecular weight excluding hydrogens is 1070 g/mol. The number of Topliss-reactive ketones (excluding diaryl/α,β-unsaturated/α-hetero) is 1. The summed E-state index contributed by atoms with van der Waals surface area (Å²) in [5, 5.41) is 98.8. The van der Waals surface area contributed by atoms with Crippen LogP contribution >= 0.6 is 0 Å². The Morgan fingerprint density at radius 1 is 0.747 bits per heavy atom. The summed E-state index contributed by atoms with van der Waals surface area (Å²) in [7, 11) is -4.00. The van der Waals surface area contributed by atoms with Crippen molar-refractivity contribution in [1.29, 1.82) is 0 Å². The van der Waals surface area contributed by atoms with Gasteiger partial charge in [0.1, 0.15) is 96.8 Å². The number of hydrogen-bond donors (Lipinski definition) is 10. The number of hydrogen-bond acceptors (Lipinski definition) is 24. The molecule has 0 unspecified atom stereocenters. The summed E-state index contributed by atoms with van der Waals surface area (Å²) < 4.78 is 97.4. The molecular formula is C53H82O25S. The molecule has 5 saturated heterocycles. The summed E-state index contributed by atoms with van der Waals surface area (Å²) in [6, 6.07) is 0. The number of allylic oxidation sites excluding steroid dienone is 3. The fraction of sp³-hybridized carbons (Fsp3) is 0.887. The molecule has 5 heterocycles. The smallest absolute Gasteiger partial charge is 0.397 e. The number of carbonyl (C=O) groups excluding carboxylic acids is 2. The number of ether oxygens (including phenoxy) is 10. The highest BCUT2D eigenvalue weighted by molar-refractivity contribution is 7.80. The van der Waals surface area contributed by atoms with Gasteiger partial charge in [-0.3, -0.25) is 14.1 Å². The monoisotopic (exact) mass is 1150 g/mol. The summed E-state index contributed by atoms with van der Waals surface area (Å²) in [5.74, 6) is -0.821. The molecule has 8 fully saturated rings. The second kappa shape index (κ2) is 22.6. The number of fused-ring (bicyclic) bond motifs is 4. The van der Waals surface area contributed by atoms with Crippen LogP contribution < -0.4 is 0 Å². The molecule has 0 amide bonds. The SMILES string of the molecule is C=C(C)CCC[C@]1(C)OC(=O)[C@]23CC[C@H]4C(=CC[C@H]5C(C)(C)[C@@H](O[C@@H]6OC[C@@H](OS(=O)(=O)O)[C@H](O)[C@H]6O[C@@H]6O[C@H](CO)[C@@H](O[C@@H]7OC[C@@H](O)[C@H](O[C@@H]8O[C@H](CO)[C@@H](O)[C@H](OC)[C@H]8O)[C@H]7O)[C@H](O)[C@H]6O)CC[C@]45C)[C@]2(C)CC(=O)[C@@H]31. The number of aliphatic hydroxyl groups is 9. The lowest BCUT2D eigenvalue weighted by Crippen LogP contribution is -2.66. The third-order valence-corrected chi connectivity index (χ3v) is 20.2. The number of ketones is 1. The Morgan fingerprint density at radius 3 is 2.04 bits per heavy atom. The molecule has 10 N–H and O–H groups in total. The fourth-order valence-corrected chi connectivity index (χ4v) is 16.3. The molecule has 0 aromatic rings. The molecule has 26 atom stereocenters. The Hall–Kier alpha value is -2.23. The number of aliphatic hydroxyl groups excluding tert-OH is 9. The molecule has 26 heteroatoms. The number of esters is 1. The van der Waals surface area contributed by atoms with E-state index in [-0.39, 0.29) is 35.4 Å². The van der Waals surface area contributed by atoms with Crippen molar-refractivity contribution in [3.05, 3.63) is 23.8 Å². The van der Waals surface area contributed by atoms with Crippen LogP contribution in [-0.2, 0) is 71.5 Å². The van der Waals surface area contributed by atoms with E-state index in [0.29, 0.717) is 38.5 Å². The molecule has 450 valence electrons. The first-order valence-corrected chi connectivity index (χ1v) is 28.8. The van der Waals surface area contributed by atoms with Crippen LogP contribution in [0.4, 0.5) is 0 Å². The van der Waals surface area contributed by atoms with E-state index in [1.807, 2.05) is 13.8 Å². The van der Waals surface area contributed by atoms with Crippen molar-refractivity contribution < 1.29 is 120 Å². The van der Waals surface area contributed by atoms with Crippen LogP contribution in [0, 0.1) is 39.4 Å². The minimum Gasteiger partial charge on any atom is -0.458 e. The molecule has 4 aliphatic carbocycles. The molecule has 1 spiro atoms. The third kappa shape index (κ3) is 10.5. The van der Waals surface area contributed by atoms with Gasteiger partial charge in [0, 0.05) is 18.9 Å². The van der Waals surface area contributed by atoms with E-state index >= 15 is 0 Å². The minimum atomic E-state index is -5.19. The average molecular weight is 1150 g/mol. The largest absolute Gasteiger partial charge is 0.458 e. The average Bonchev–Trinajstić information content (AvgIpc) is 2.69. The van der Waals surface area contributed by atoms with Crippen LogP contribution in [-0.4, -0.2) is 227 Å². The molecule has 0 bridgehead atoms. The quantitative estimate of drug-likeness (QED) is 0.0486. The summed E-state index contributed by atoms with van der Waals surface area (Å²) in [6.07, 6.45) is -24.0. The van der Waals surface area contributed by atoms with Gasteiger partial charge in [0.25, 0.3) is 0 Å². The van der Waals surface area contributed by atoms with Gasteiger partial charge >= 0.3 is 16.4 Å². The van der Waals surface area contributed by atoms with Crippen LogP contribution in [0.2, 0.25) is 0 Å². The second-order valence-corrected chi connectivity index (χ2v) is 25.9. The summed E-state index contributed by atoms with van der Waals surface area (Å²) in [4.78, 5) is 28.7. The van der Waals surface area contributed by atoms with Crippen molar-refractivity contribution in [2.24, 2.45) is 39.4 Å². The normalized spacial score (nSPS) is 49.7. The van der Waals surface area contributed by atoms with Crippen molar-refractivity contribution >= 4 is 22.2 Å². The van der Waals surface area contributed by atoms with Gasteiger partial charge in [-0.25, -0.2) is 4.18 Å². The Labute approximate surface area is 459 Å².